The van der Waals surface area contributed by atoms with Gasteiger partial charge in [0.15, 0.2) is 0 Å². The van der Waals surface area contributed by atoms with Crippen LogP contribution in [-0.2, 0) is 0 Å². The van der Waals surface area contributed by atoms with Crippen molar-refractivity contribution in [2.45, 2.75) is 18.4 Å². The van der Waals surface area contributed by atoms with Gasteiger partial charge in [0.1, 0.15) is 5.82 Å². The molecule has 2 aromatic rings. The van der Waals surface area contributed by atoms with E-state index in [0.717, 1.165) is 22.7 Å². The van der Waals surface area contributed by atoms with Crippen molar-refractivity contribution in [2.24, 2.45) is 5.92 Å². The summed E-state index contributed by atoms with van der Waals surface area (Å²) in [7, 11) is 0. The molecule has 2 aliphatic rings. The number of para-hydroxylation sites is 1. The molecule has 2 aromatic carbocycles. The third-order valence-corrected chi connectivity index (χ3v) is 4.89. The van der Waals surface area contributed by atoms with Gasteiger partial charge >= 0.3 is 0 Å². The molecule has 1 N–H and O–H groups in total. The highest BCUT2D eigenvalue weighted by Crippen LogP contribution is 2.51. The summed E-state index contributed by atoms with van der Waals surface area (Å²) in [5, 5.41) is 4.33. The van der Waals surface area contributed by atoms with Crippen molar-refractivity contribution in [3.05, 3.63) is 76.6 Å². The van der Waals surface area contributed by atoms with Gasteiger partial charge in [-0.1, -0.05) is 48.0 Å². The lowest BCUT2D eigenvalue weighted by molar-refractivity contribution is 0.425. The van der Waals surface area contributed by atoms with Gasteiger partial charge in [-0.2, -0.15) is 0 Å². The molecule has 4 rings (SSSR count). The first-order chi connectivity index (χ1) is 10.2. The van der Waals surface area contributed by atoms with E-state index in [-0.39, 0.29) is 11.9 Å². The Labute approximate surface area is 128 Å². The van der Waals surface area contributed by atoms with Gasteiger partial charge in [0.2, 0.25) is 0 Å². The minimum Gasteiger partial charge on any atom is -0.376 e. The number of nitrogens with one attached hydrogen (secondary N) is 1. The molecule has 1 aliphatic carbocycles. The predicted molar refractivity (Wildman–Crippen MR) is 84.2 cm³/mol. The quantitative estimate of drug-likeness (QED) is 0.704. The Morgan fingerprint density at radius 1 is 1.10 bits per heavy atom. The van der Waals surface area contributed by atoms with Crippen LogP contribution < -0.4 is 5.32 Å². The molecule has 0 saturated carbocycles. The molecule has 1 aliphatic heterocycles. The van der Waals surface area contributed by atoms with Crippen molar-refractivity contribution in [1.29, 1.82) is 0 Å². The van der Waals surface area contributed by atoms with Gasteiger partial charge in [-0.05, 0) is 41.7 Å². The van der Waals surface area contributed by atoms with Crippen LogP contribution >= 0.6 is 11.6 Å². The SMILES string of the molecule is Fc1ccc([C@@H]2Nc3c(Cl)cccc3[C@@H]3C=CC[C@H]32)cc1. The summed E-state index contributed by atoms with van der Waals surface area (Å²) in [6.45, 7) is 0. The fraction of sp³-hybridized carbons (Fsp3) is 0.222. The fourth-order valence-corrected chi connectivity index (χ4v) is 3.82. The highest BCUT2D eigenvalue weighted by Gasteiger charge is 2.38. The Morgan fingerprint density at radius 2 is 1.90 bits per heavy atom. The molecule has 0 fully saturated rings. The molecule has 0 saturated heterocycles. The van der Waals surface area contributed by atoms with E-state index in [9.17, 15) is 4.39 Å². The summed E-state index contributed by atoms with van der Waals surface area (Å²) < 4.78 is 13.2. The van der Waals surface area contributed by atoms with E-state index in [0.29, 0.717) is 11.8 Å². The predicted octanol–water partition coefficient (Wildman–Crippen LogP) is 5.31. The summed E-state index contributed by atoms with van der Waals surface area (Å²) in [5.41, 5.74) is 3.39. The second kappa shape index (κ2) is 4.88. The van der Waals surface area contributed by atoms with Crippen LogP contribution in [0.5, 0.6) is 0 Å². The van der Waals surface area contributed by atoms with E-state index in [4.69, 9.17) is 11.6 Å². The molecule has 0 unspecified atom stereocenters. The number of hydrogen-bond donors (Lipinski definition) is 1. The van der Waals surface area contributed by atoms with Crippen molar-refractivity contribution < 1.29 is 4.39 Å². The minimum atomic E-state index is -0.200. The third-order valence-electron chi connectivity index (χ3n) is 4.58. The minimum absolute atomic E-state index is 0.165. The molecular weight excluding hydrogens is 285 g/mol. The van der Waals surface area contributed by atoms with Crippen molar-refractivity contribution in [2.75, 3.05) is 5.32 Å². The van der Waals surface area contributed by atoms with Crippen LogP contribution in [0.3, 0.4) is 0 Å². The van der Waals surface area contributed by atoms with Crippen molar-refractivity contribution >= 4 is 17.3 Å². The maximum Gasteiger partial charge on any atom is 0.123 e. The summed E-state index contributed by atoms with van der Waals surface area (Å²) in [6, 6.07) is 13.0. The highest BCUT2D eigenvalue weighted by molar-refractivity contribution is 6.33. The summed E-state index contributed by atoms with van der Waals surface area (Å²) in [4.78, 5) is 0. The molecule has 3 heteroatoms. The van der Waals surface area contributed by atoms with Crippen LogP contribution in [0.15, 0.2) is 54.6 Å². The van der Waals surface area contributed by atoms with Gasteiger partial charge in [0, 0.05) is 5.92 Å². The van der Waals surface area contributed by atoms with E-state index in [1.807, 2.05) is 24.3 Å². The number of halogens is 2. The van der Waals surface area contributed by atoms with Gasteiger partial charge in [0.25, 0.3) is 0 Å². The molecule has 0 bridgehead atoms. The Hall–Kier alpha value is -1.80. The Bertz CT molecular complexity index is 708. The monoisotopic (exact) mass is 299 g/mol. The Morgan fingerprint density at radius 3 is 2.71 bits per heavy atom. The van der Waals surface area contributed by atoms with Gasteiger partial charge in [-0.15, -0.1) is 0 Å². The lowest BCUT2D eigenvalue weighted by Crippen LogP contribution is -2.29. The molecule has 106 valence electrons. The van der Waals surface area contributed by atoms with E-state index in [2.05, 4.69) is 23.5 Å². The first-order valence-electron chi connectivity index (χ1n) is 7.21. The number of benzene rings is 2. The maximum atomic E-state index is 13.2. The number of fused-ring (bicyclic) bond motifs is 3. The fourth-order valence-electron chi connectivity index (χ4n) is 3.58. The van der Waals surface area contributed by atoms with Crippen LogP contribution in [0, 0.1) is 11.7 Å². The zero-order valence-electron chi connectivity index (χ0n) is 11.4. The normalized spacial score (nSPS) is 26.1. The van der Waals surface area contributed by atoms with Gasteiger partial charge in [-0.25, -0.2) is 4.39 Å². The lowest BCUT2D eigenvalue weighted by atomic mass is 9.77. The molecule has 1 heterocycles. The molecule has 1 nitrogen and oxygen atoms in total. The van der Waals surface area contributed by atoms with Gasteiger partial charge in [0.05, 0.1) is 16.8 Å². The van der Waals surface area contributed by atoms with Crippen LogP contribution in [-0.4, -0.2) is 0 Å². The molecule has 0 aromatic heterocycles. The topological polar surface area (TPSA) is 12.0 Å². The molecule has 3 atom stereocenters. The molecule has 0 spiro atoms. The second-order valence-electron chi connectivity index (χ2n) is 5.73. The van der Waals surface area contributed by atoms with Crippen LogP contribution in [0.25, 0.3) is 0 Å². The largest absolute Gasteiger partial charge is 0.376 e. The summed E-state index contributed by atoms with van der Waals surface area (Å²) in [5.74, 6) is 0.644. The van der Waals surface area contributed by atoms with Crippen LogP contribution in [0.4, 0.5) is 10.1 Å². The lowest BCUT2D eigenvalue weighted by Gasteiger charge is -2.38. The Kier molecular flexibility index (Phi) is 3.00. The molecule has 21 heavy (non-hydrogen) atoms. The van der Waals surface area contributed by atoms with Gasteiger partial charge in [-0.3, -0.25) is 0 Å². The number of anilines is 1. The maximum absolute atomic E-state index is 13.2. The average molecular weight is 300 g/mol. The standard InChI is InChI=1S/C18H15ClFN/c19-16-6-2-5-15-13-3-1-4-14(13)17(21-18(15)16)11-7-9-12(20)10-8-11/h1-3,5-10,13-14,17,21H,4H2/t13-,14-,17+/m1/s1. The van der Waals surface area contributed by atoms with Crippen molar-refractivity contribution in [3.63, 3.8) is 0 Å². The van der Waals surface area contributed by atoms with Crippen LogP contribution in [0.1, 0.15) is 29.5 Å². The average Bonchev–Trinajstić information content (AvgIpc) is 2.98. The third kappa shape index (κ3) is 2.06. The molecule has 0 radical (unpaired) electrons. The summed E-state index contributed by atoms with van der Waals surface area (Å²) in [6.07, 6.45) is 5.55. The number of rotatable bonds is 1. The number of hydrogen-bond acceptors (Lipinski definition) is 1. The zero-order chi connectivity index (χ0) is 14.4. The zero-order valence-corrected chi connectivity index (χ0v) is 12.1. The highest BCUT2D eigenvalue weighted by atomic mass is 35.5. The van der Waals surface area contributed by atoms with Crippen molar-refractivity contribution in [3.8, 4) is 0 Å². The van der Waals surface area contributed by atoms with E-state index < -0.39 is 0 Å². The molecule has 0 amide bonds. The van der Waals surface area contributed by atoms with E-state index >= 15 is 0 Å². The first kappa shape index (κ1) is 12.9. The summed E-state index contributed by atoms with van der Waals surface area (Å²) >= 11 is 6.36. The van der Waals surface area contributed by atoms with E-state index in [1.165, 1.54) is 17.7 Å². The van der Waals surface area contributed by atoms with Crippen LogP contribution in [0.2, 0.25) is 5.02 Å². The number of allylic oxidation sites excluding steroid dienone is 2. The Balaban J connectivity index is 1.81. The smallest absolute Gasteiger partial charge is 0.123 e. The second-order valence-corrected chi connectivity index (χ2v) is 6.14. The first-order valence-corrected chi connectivity index (χ1v) is 7.59. The van der Waals surface area contributed by atoms with Gasteiger partial charge < -0.3 is 5.32 Å². The molecular formula is C18H15ClFN. The van der Waals surface area contributed by atoms with Crippen molar-refractivity contribution in [1.82, 2.24) is 0 Å². The van der Waals surface area contributed by atoms with E-state index in [1.54, 1.807) is 0 Å².